The number of ether oxygens (including phenoxy) is 1. The van der Waals surface area contributed by atoms with Gasteiger partial charge >= 0.3 is 0 Å². The molecule has 0 spiro atoms. The maximum atomic E-state index is 12.7. The van der Waals surface area contributed by atoms with Crippen LogP contribution in [0.3, 0.4) is 0 Å². The second kappa shape index (κ2) is 8.39. The summed E-state index contributed by atoms with van der Waals surface area (Å²) in [6.45, 7) is 1.24. The van der Waals surface area contributed by atoms with Crippen LogP contribution in [0.1, 0.15) is 31.2 Å². The van der Waals surface area contributed by atoms with Crippen molar-refractivity contribution in [1.29, 1.82) is 0 Å². The molecule has 0 fully saturated rings. The first-order valence-electron chi connectivity index (χ1n) is 9.14. The maximum absolute atomic E-state index is 12.7. The molecule has 1 aromatic heterocycles. The van der Waals surface area contributed by atoms with Crippen molar-refractivity contribution >= 4 is 44.8 Å². The molecule has 0 atom stereocenters. The van der Waals surface area contributed by atoms with Crippen molar-refractivity contribution in [3.05, 3.63) is 80.0 Å². The number of rotatable bonds is 4. The number of methoxy groups -OCH3 is 1. The zero-order valence-electron chi connectivity index (χ0n) is 15.8. The molecule has 0 aliphatic carbocycles. The van der Waals surface area contributed by atoms with Gasteiger partial charge in [0.15, 0.2) is 0 Å². The van der Waals surface area contributed by atoms with Gasteiger partial charge in [-0.2, -0.15) is 0 Å². The number of amides is 2. The van der Waals surface area contributed by atoms with E-state index in [0.717, 1.165) is 16.9 Å². The lowest BCUT2D eigenvalue weighted by molar-refractivity contribution is 0.0739. The van der Waals surface area contributed by atoms with Gasteiger partial charge < -0.3 is 15.0 Å². The summed E-state index contributed by atoms with van der Waals surface area (Å²) in [5.41, 5.74) is 3.47. The summed E-state index contributed by atoms with van der Waals surface area (Å²) in [5, 5.41) is 4.86. The van der Waals surface area contributed by atoms with Crippen molar-refractivity contribution in [3.63, 3.8) is 0 Å². The highest BCUT2D eigenvalue weighted by molar-refractivity contribution is 9.10. The van der Waals surface area contributed by atoms with Gasteiger partial charge in [0.05, 0.1) is 17.6 Å². The Bertz CT molecular complexity index is 1070. The fraction of sp³-hybridized carbons (Fsp3) is 0.182. The van der Waals surface area contributed by atoms with E-state index in [4.69, 9.17) is 4.74 Å². The Hall–Kier alpha value is -2.64. The smallest absolute Gasteiger partial charge is 0.264 e. The summed E-state index contributed by atoms with van der Waals surface area (Å²) in [5.74, 6) is 0.449. The number of carbonyl (C=O) groups excluding carboxylic acids is 2. The maximum Gasteiger partial charge on any atom is 0.264 e. The Kier molecular flexibility index (Phi) is 5.69. The van der Waals surface area contributed by atoms with Crippen LogP contribution in [0, 0.1) is 0 Å². The van der Waals surface area contributed by atoms with Crippen LogP contribution in [0.4, 0.5) is 5.69 Å². The fourth-order valence-electron chi connectivity index (χ4n) is 3.37. The van der Waals surface area contributed by atoms with E-state index < -0.39 is 0 Å². The van der Waals surface area contributed by atoms with Gasteiger partial charge in [-0.15, -0.1) is 11.3 Å². The van der Waals surface area contributed by atoms with E-state index in [9.17, 15) is 9.59 Å². The zero-order chi connectivity index (χ0) is 20.4. The molecule has 0 saturated carbocycles. The number of hydrogen-bond donors (Lipinski definition) is 1. The van der Waals surface area contributed by atoms with Crippen LogP contribution < -0.4 is 10.1 Å². The van der Waals surface area contributed by atoms with Gasteiger partial charge in [0, 0.05) is 23.2 Å². The highest BCUT2D eigenvalue weighted by Crippen LogP contribution is 2.27. The number of halogens is 1. The number of thiophene rings is 1. The second-order valence-corrected chi connectivity index (χ2v) is 8.54. The summed E-state index contributed by atoms with van der Waals surface area (Å²) in [7, 11) is 1.57. The van der Waals surface area contributed by atoms with Gasteiger partial charge in [-0.1, -0.05) is 12.1 Å². The Morgan fingerprint density at radius 1 is 1.14 bits per heavy atom. The minimum atomic E-state index is -0.224. The number of hydrogen-bond acceptors (Lipinski definition) is 4. The van der Waals surface area contributed by atoms with Crippen molar-refractivity contribution in [1.82, 2.24) is 4.90 Å². The third kappa shape index (κ3) is 4.21. The summed E-state index contributed by atoms with van der Waals surface area (Å²) in [6.07, 6.45) is 0.808. The Morgan fingerprint density at radius 2 is 2.00 bits per heavy atom. The van der Waals surface area contributed by atoms with Gasteiger partial charge in [0.1, 0.15) is 5.75 Å². The van der Waals surface area contributed by atoms with E-state index in [1.807, 2.05) is 40.6 Å². The monoisotopic (exact) mass is 470 g/mol. The fourth-order valence-corrected chi connectivity index (χ4v) is 4.49. The minimum Gasteiger partial charge on any atom is -0.497 e. The average molecular weight is 471 g/mol. The standard InChI is InChI=1S/C22H19BrN2O3S/c1-28-17-6-7-19(23)18(12-17)21(26)24-16-5-4-14-8-9-25(13-15(14)11-16)22(27)20-3-2-10-29-20/h2-7,10-12H,8-9,13H2,1H3,(H,24,26). The van der Waals surface area contributed by atoms with E-state index in [1.54, 1.807) is 25.3 Å². The van der Waals surface area contributed by atoms with Crippen LogP contribution >= 0.6 is 27.3 Å². The predicted octanol–water partition coefficient (Wildman–Crippen LogP) is 4.97. The van der Waals surface area contributed by atoms with E-state index in [0.29, 0.717) is 34.6 Å². The second-order valence-electron chi connectivity index (χ2n) is 6.74. The van der Waals surface area contributed by atoms with Gasteiger partial charge in [-0.05, 0) is 75.3 Å². The third-order valence-corrected chi connectivity index (χ3v) is 6.46. The summed E-state index contributed by atoms with van der Waals surface area (Å²) < 4.78 is 5.91. The van der Waals surface area contributed by atoms with E-state index in [-0.39, 0.29) is 11.8 Å². The number of nitrogens with one attached hydrogen (secondary N) is 1. The molecule has 0 bridgehead atoms. The first-order chi connectivity index (χ1) is 14.0. The highest BCUT2D eigenvalue weighted by Gasteiger charge is 2.23. The lowest BCUT2D eigenvalue weighted by Crippen LogP contribution is -2.35. The molecule has 2 aromatic carbocycles. The lowest BCUT2D eigenvalue weighted by atomic mass is 9.98. The van der Waals surface area contributed by atoms with Crippen molar-refractivity contribution in [3.8, 4) is 5.75 Å². The van der Waals surface area contributed by atoms with Crippen LogP contribution in [0.5, 0.6) is 5.75 Å². The number of benzene rings is 2. The third-order valence-electron chi connectivity index (χ3n) is 4.91. The molecular formula is C22H19BrN2O3S. The van der Waals surface area contributed by atoms with Gasteiger partial charge in [-0.3, -0.25) is 9.59 Å². The molecule has 3 aromatic rings. The summed E-state index contributed by atoms with van der Waals surface area (Å²) in [6, 6.07) is 14.9. The van der Waals surface area contributed by atoms with E-state index in [2.05, 4.69) is 21.2 Å². The SMILES string of the molecule is COc1ccc(Br)c(C(=O)Nc2ccc3c(c2)CN(C(=O)c2cccs2)CC3)c1. The molecule has 29 heavy (non-hydrogen) atoms. The highest BCUT2D eigenvalue weighted by atomic mass is 79.9. The Balaban J connectivity index is 1.52. The zero-order valence-corrected chi connectivity index (χ0v) is 18.2. The van der Waals surface area contributed by atoms with Gasteiger partial charge in [0.25, 0.3) is 11.8 Å². The molecule has 0 unspecified atom stereocenters. The first-order valence-corrected chi connectivity index (χ1v) is 10.8. The normalized spacial score (nSPS) is 13.0. The number of carbonyl (C=O) groups is 2. The minimum absolute atomic E-state index is 0.0559. The topological polar surface area (TPSA) is 58.6 Å². The van der Waals surface area contributed by atoms with Crippen LogP contribution in [0.15, 0.2) is 58.4 Å². The van der Waals surface area contributed by atoms with Crippen LogP contribution in [-0.2, 0) is 13.0 Å². The largest absolute Gasteiger partial charge is 0.497 e. The van der Waals surface area contributed by atoms with Crippen molar-refractivity contribution in [2.75, 3.05) is 19.0 Å². The molecule has 1 aliphatic rings. The summed E-state index contributed by atoms with van der Waals surface area (Å²) >= 11 is 4.87. The Labute approximate surface area is 181 Å². The van der Waals surface area contributed by atoms with Gasteiger partial charge in [-0.25, -0.2) is 0 Å². The van der Waals surface area contributed by atoms with Crippen LogP contribution in [0.2, 0.25) is 0 Å². The molecule has 0 radical (unpaired) electrons. The molecule has 148 valence electrons. The lowest BCUT2D eigenvalue weighted by Gasteiger charge is -2.29. The number of anilines is 1. The Morgan fingerprint density at radius 3 is 2.76 bits per heavy atom. The molecule has 1 aliphatic heterocycles. The van der Waals surface area contributed by atoms with E-state index in [1.165, 1.54) is 16.9 Å². The molecule has 2 heterocycles. The van der Waals surface area contributed by atoms with Crippen molar-refractivity contribution < 1.29 is 14.3 Å². The molecule has 2 amide bonds. The average Bonchev–Trinajstić information content (AvgIpc) is 3.28. The molecule has 4 rings (SSSR count). The molecule has 1 N–H and O–H groups in total. The molecule has 7 heteroatoms. The van der Waals surface area contributed by atoms with Crippen LogP contribution in [0.25, 0.3) is 0 Å². The number of nitrogens with zero attached hydrogens (tertiary/aromatic N) is 1. The van der Waals surface area contributed by atoms with E-state index >= 15 is 0 Å². The predicted molar refractivity (Wildman–Crippen MR) is 118 cm³/mol. The molecule has 0 saturated heterocycles. The quantitative estimate of drug-likeness (QED) is 0.585. The van der Waals surface area contributed by atoms with Crippen molar-refractivity contribution in [2.24, 2.45) is 0 Å². The summed E-state index contributed by atoms with van der Waals surface area (Å²) in [4.78, 5) is 28.0. The first kappa shape index (κ1) is 19.7. The van der Waals surface area contributed by atoms with Gasteiger partial charge in [0.2, 0.25) is 0 Å². The molecular weight excluding hydrogens is 452 g/mol. The van der Waals surface area contributed by atoms with Crippen LogP contribution in [-0.4, -0.2) is 30.4 Å². The number of fused-ring (bicyclic) bond motifs is 1. The van der Waals surface area contributed by atoms with Crippen molar-refractivity contribution in [2.45, 2.75) is 13.0 Å². The molecule has 5 nitrogen and oxygen atoms in total.